The molecule has 2 atom stereocenters. The van der Waals surface area contributed by atoms with Gasteiger partial charge in [-0.3, -0.25) is 0 Å². The molecule has 6 heteroatoms. The van der Waals surface area contributed by atoms with Gasteiger partial charge >= 0.3 is 0 Å². The summed E-state index contributed by atoms with van der Waals surface area (Å²) in [7, 11) is 0. The Morgan fingerprint density at radius 1 is 1.35 bits per heavy atom. The largest absolute Gasteiger partial charge is 0.410 e. The summed E-state index contributed by atoms with van der Waals surface area (Å²) in [6.45, 7) is 4.27. The number of benzene rings is 1. The fraction of sp³-hybridized carbons (Fsp3) is 0.429. The second-order valence-corrected chi connectivity index (χ2v) is 6.11. The fourth-order valence-corrected chi connectivity index (χ4v) is 2.77. The summed E-state index contributed by atoms with van der Waals surface area (Å²) in [6, 6.07) is 7.81. The molecule has 20 heavy (non-hydrogen) atoms. The first kappa shape index (κ1) is 15.4. The number of quaternary nitrogens is 1. The standard InChI is InChI=1S/C14H18ClN3OS/c1-3-9(2)12(16)13-17-18-14(19-13)20-8-10-6-4-5-7-11(10)15/h4-7,9,12H,3,8,16H2,1-2H3/p+1/t9-,12-/m0/s1. The average molecular weight is 313 g/mol. The third-order valence-electron chi connectivity index (χ3n) is 3.38. The van der Waals surface area contributed by atoms with Gasteiger partial charge in [-0.15, -0.1) is 10.2 Å². The Balaban J connectivity index is 1.98. The molecule has 2 aromatic rings. The van der Waals surface area contributed by atoms with E-state index in [4.69, 9.17) is 16.0 Å². The van der Waals surface area contributed by atoms with Crippen molar-refractivity contribution in [1.82, 2.24) is 10.2 Å². The van der Waals surface area contributed by atoms with E-state index in [2.05, 4.69) is 29.8 Å². The van der Waals surface area contributed by atoms with E-state index in [1.54, 1.807) is 0 Å². The van der Waals surface area contributed by atoms with Gasteiger partial charge in [0.05, 0.1) is 0 Å². The molecule has 0 aliphatic carbocycles. The van der Waals surface area contributed by atoms with Crippen LogP contribution in [0.1, 0.15) is 37.8 Å². The Hall–Kier alpha value is -1.04. The molecule has 2 rings (SSSR count). The normalized spacial score (nSPS) is 14.2. The molecule has 0 aliphatic heterocycles. The van der Waals surface area contributed by atoms with Gasteiger partial charge in [-0.05, 0) is 18.1 Å². The van der Waals surface area contributed by atoms with Gasteiger partial charge in [-0.2, -0.15) is 0 Å². The molecule has 4 nitrogen and oxygen atoms in total. The van der Waals surface area contributed by atoms with Gasteiger partial charge in [0.15, 0.2) is 6.04 Å². The van der Waals surface area contributed by atoms with Crippen LogP contribution in [0, 0.1) is 5.92 Å². The predicted octanol–water partition coefficient (Wildman–Crippen LogP) is 3.34. The molecule has 0 radical (unpaired) electrons. The predicted molar refractivity (Wildman–Crippen MR) is 80.4 cm³/mol. The first-order chi connectivity index (χ1) is 9.61. The Morgan fingerprint density at radius 2 is 2.10 bits per heavy atom. The summed E-state index contributed by atoms with van der Waals surface area (Å²) in [4.78, 5) is 0. The van der Waals surface area contributed by atoms with Crippen molar-refractivity contribution < 1.29 is 10.2 Å². The topological polar surface area (TPSA) is 66.6 Å². The van der Waals surface area contributed by atoms with Crippen molar-refractivity contribution >= 4 is 23.4 Å². The van der Waals surface area contributed by atoms with Gasteiger partial charge in [0.25, 0.3) is 11.1 Å². The van der Waals surface area contributed by atoms with Crippen LogP contribution in [0.4, 0.5) is 0 Å². The third-order valence-corrected chi connectivity index (χ3v) is 4.62. The van der Waals surface area contributed by atoms with Gasteiger partial charge in [0.2, 0.25) is 0 Å². The Labute approximate surface area is 128 Å². The maximum atomic E-state index is 6.12. The van der Waals surface area contributed by atoms with Crippen molar-refractivity contribution in [2.24, 2.45) is 5.92 Å². The molecular formula is C14H19ClN3OS+. The molecule has 0 bridgehead atoms. The minimum atomic E-state index is 0.0437. The quantitative estimate of drug-likeness (QED) is 0.831. The first-order valence-electron chi connectivity index (χ1n) is 6.64. The number of halogens is 1. The SMILES string of the molecule is CC[C@H](C)[C@H]([NH3+])c1nnc(SCc2ccccc2Cl)o1. The Morgan fingerprint density at radius 3 is 2.80 bits per heavy atom. The number of aromatic nitrogens is 2. The smallest absolute Gasteiger partial charge is 0.277 e. The third kappa shape index (κ3) is 3.75. The van der Waals surface area contributed by atoms with Crippen LogP contribution in [0.5, 0.6) is 0 Å². The molecule has 0 unspecified atom stereocenters. The van der Waals surface area contributed by atoms with Crippen LogP contribution in [-0.4, -0.2) is 10.2 Å². The molecule has 0 saturated carbocycles. The van der Waals surface area contributed by atoms with Crippen molar-refractivity contribution in [3.63, 3.8) is 0 Å². The van der Waals surface area contributed by atoms with Crippen LogP contribution >= 0.6 is 23.4 Å². The lowest BCUT2D eigenvalue weighted by molar-refractivity contribution is -0.444. The Kier molecular flexibility index (Phi) is 5.46. The molecule has 108 valence electrons. The maximum absolute atomic E-state index is 6.12. The highest BCUT2D eigenvalue weighted by Gasteiger charge is 2.23. The van der Waals surface area contributed by atoms with Crippen LogP contribution < -0.4 is 5.73 Å². The van der Waals surface area contributed by atoms with E-state index in [1.807, 2.05) is 24.3 Å². The van der Waals surface area contributed by atoms with Gasteiger partial charge in [0.1, 0.15) is 0 Å². The van der Waals surface area contributed by atoms with Gasteiger partial charge in [-0.25, -0.2) is 0 Å². The van der Waals surface area contributed by atoms with Crippen molar-refractivity contribution in [3.05, 3.63) is 40.7 Å². The van der Waals surface area contributed by atoms with Crippen LogP contribution in [0.15, 0.2) is 33.9 Å². The highest BCUT2D eigenvalue weighted by molar-refractivity contribution is 7.98. The number of hydrogen-bond acceptors (Lipinski definition) is 4. The highest BCUT2D eigenvalue weighted by Crippen LogP contribution is 2.27. The van der Waals surface area contributed by atoms with Gasteiger partial charge in [0, 0.05) is 16.7 Å². The van der Waals surface area contributed by atoms with Crippen LogP contribution in [0.2, 0.25) is 5.02 Å². The summed E-state index contributed by atoms with van der Waals surface area (Å²) in [5.74, 6) is 1.75. The number of thioether (sulfide) groups is 1. The summed E-state index contributed by atoms with van der Waals surface area (Å²) in [6.07, 6.45) is 1.04. The van der Waals surface area contributed by atoms with Crippen LogP contribution in [0.25, 0.3) is 0 Å². The zero-order valence-electron chi connectivity index (χ0n) is 11.7. The van der Waals surface area contributed by atoms with E-state index in [0.29, 0.717) is 22.8 Å². The lowest BCUT2D eigenvalue weighted by atomic mass is 10.0. The zero-order chi connectivity index (χ0) is 14.5. The average Bonchev–Trinajstić information content (AvgIpc) is 2.93. The molecule has 0 saturated heterocycles. The molecule has 0 fully saturated rings. The summed E-state index contributed by atoms with van der Waals surface area (Å²) < 4.78 is 5.67. The van der Waals surface area contributed by atoms with Crippen LogP contribution in [-0.2, 0) is 5.75 Å². The van der Waals surface area contributed by atoms with E-state index in [-0.39, 0.29) is 6.04 Å². The van der Waals surface area contributed by atoms with E-state index in [9.17, 15) is 0 Å². The first-order valence-corrected chi connectivity index (χ1v) is 8.00. The second kappa shape index (κ2) is 7.11. The number of rotatable bonds is 6. The number of nitrogens with zero attached hydrogens (tertiary/aromatic N) is 2. The minimum Gasteiger partial charge on any atom is -0.410 e. The lowest BCUT2D eigenvalue weighted by Gasteiger charge is -2.09. The fourth-order valence-electron chi connectivity index (χ4n) is 1.71. The summed E-state index contributed by atoms with van der Waals surface area (Å²) >= 11 is 7.61. The highest BCUT2D eigenvalue weighted by atomic mass is 35.5. The molecule has 3 N–H and O–H groups in total. The Bertz CT molecular complexity index is 561. The van der Waals surface area contributed by atoms with Crippen molar-refractivity contribution in [3.8, 4) is 0 Å². The molecule has 1 aromatic heterocycles. The van der Waals surface area contributed by atoms with E-state index in [1.165, 1.54) is 11.8 Å². The van der Waals surface area contributed by atoms with E-state index in [0.717, 1.165) is 17.0 Å². The molecule has 0 aliphatic rings. The lowest BCUT2D eigenvalue weighted by Crippen LogP contribution is -2.56. The van der Waals surface area contributed by atoms with Crippen molar-refractivity contribution in [2.75, 3.05) is 0 Å². The molecule has 0 amide bonds. The zero-order valence-corrected chi connectivity index (χ0v) is 13.2. The number of hydrogen-bond donors (Lipinski definition) is 1. The molecule has 1 aromatic carbocycles. The van der Waals surface area contributed by atoms with Crippen LogP contribution in [0.3, 0.4) is 0 Å². The summed E-state index contributed by atoms with van der Waals surface area (Å²) in [5, 5.41) is 9.47. The van der Waals surface area contributed by atoms with Crippen molar-refractivity contribution in [2.45, 2.75) is 37.3 Å². The van der Waals surface area contributed by atoms with E-state index >= 15 is 0 Å². The molecular weight excluding hydrogens is 294 g/mol. The summed E-state index contributed by atoms with van der Waals surface area (Å²) in [5.41, 5.74) is 5.16. The van der Waals surface area contributed by atoms with Crippen molar-refractivity contribution in [1.29, 1.82) is 0 Å². The second-order valence-electron chi connectivity index (χ2n) is 4.78. The monoisotopic (exact) mass is 312 g/mol. The molecule has 0 spiro atoms. The van der Waals surface area contributed by atoms with E-state index < -0.39 is 0 Å². The van der Waals surface area contributed by atoms with Gasteiger partial charge in [-0.1, -0.05) is 55.4 Å². The maximum Gasteiger partial charge on any atom is 0.277 e. The molecule has 1 heterocycles. The van der Waals surface area contributed by atoms with Gasteiger partial charge < -0.3 is 10.2 Å². The minimum absolute atomic E-state index is 0.0437.